The van der Waals surface area contributed by atoms with Gasteiger partial charge >= 0.3 is 5.97 Å². The molecule has 0 heterocycles. The monoisotopic (exact) mass is 704 g/mol. The molecule has 280 valence electrons. The summed E-state index contributed by atoms with van der Waals surface area (Å²) in [6.07, 6.45) is 0.647. The summed E-state index contributed by atoms with van der Waals surface area (Å²) < 4.78 is 4.83. The summed E-state index contributed by atoms with van der Waals surface area (Å²) in [5, 5.41) is 34.2. The van der Waals surface area contributed by atoms with Crippen LogP contribution < -0.4 is 32.3 Å². The van der Waals surface area contributed by atoms with Gasteiger partial charge in [0.25, 0.3) is 0 Å². The number of methoxy groups -OCH3 is 1. The Morgan fingerprint density at radius 1 is 0.780 bits per heavy atom. The number of rotatable bonds is 18. The smallest absolute Gasteiger partial charge is 0.328 e. The van der Waals surface area contributed by atoms with E-state index in [1.807, 2.05) is 30.3 Å². The van der Waals surface area contributed by atoms with Crippen LogP contribution in [0.4, 0.5) is 0 Å². The fraction of sp³-hybridized carbons (Fsp3) is 0.657. The lowest BCUT2D eigenvalue weighted by Gasteiger charge is -2.33. The van der Waals surface area contributed by atoms with Gasteiger partial charge in [-0.25, -0.2) is 4.79 Å². The number of aliphatic hydroxyl groups is 2. The average molecular weight is 705 g/mol. The van der Waals surface area contributed by atoms with Gasteiger partial charge in [0, 0.05) is 5.92 Å². The number of amides is 5. The molecule has 0 spiro atoms. The molecule has 5 amide bonds. The Morgan fingerprint density at radius 3 is 1.88 bits per heavy atom. The van der Waals surface area contributed by atoms with E-state index in [1.54, 1.807) is 27.7 Å². The van der Waals surface area contributed by atoms with Crippen molar-refractivity contribution >= 4 is 35.5 Å². The second-order valence-corrected chi connectivity index (χ2v) is 13.7. The predicted molar refractivity (Wildman–Crippen MR) is 185 cm³/mol. The largest absolute Gasteiger partial charge is 0.467 e. The molecule has 1 aliphatic rings. The Morgan fingerprint density at radius 2 is 1.34 bits per heavy atom. The number of esters is 1. The third-order valence-electron chi connectivity index (χ3n) is 9.09. The summed E-state index contributed by atoms with van der Waals surface area (Å²) in [6.45, 7) is 9.36. The van der Waals surface area contributed by atoms with Crippen LogP contribution in [0.15, 0.2) is 30.3 Å². The molecule has 1 aliphatic carbocycles. The molecule has 15 heteroatoms. The number of carbonyl (C=O) groups is 6. The van der Waals surface area contributed by atoms with E-state index in [2.05, 4.69) is 26.6 Å². The lowest BCUT2D eigenvalue weighted by molar-refractivity contribution is -0.147. The summed E-state index contributed by atoms with van der Waals surface area (Å²) in [7, 11) is 1.24. The van der Waals surface area contributed by atoms with Crippen molar-refractivity contribution in [2.45, 2.75) is 110 Å². The van der Waals surface area contributed by atoms with Crippen molar-refractivity contribution in [1.82, 2.24) is 26.6 Å². The normalized spacial score (nSPS) is 20.0. The van der Waals surface area contributed by atoms with E-state index in [-0.39, 0.29) is 18.3 Å². The Bertz CT molecular complexity index is 1310. The third kappa shape index (κ3) is 12.1. The molecule has 2 rings (SSSR count). The number of carbonyl (C=O) groups excluding carboxylic acids is 6. The summed E-state index contributed by atoms with van der Waals surface area (Å²) in [5.74, 6) is -5.31. The molecule has 1 aromatic rings. The SMILES string of the molecule is COC(=O)C(NC(=O)[C@@H](NC(=O)C1CCCC1C(O)[C@H](Cc1ccccc1)NC(=O)[C@H](C)NC(=O)[C@H](C)NC(=O)[C@@H](N)CO)C(C)C)C(C)C. The van der Waals surface area contributed by atoms with Crippen molar-refractivity contribution in [1.29, 1.82) is 0 Å². The van der Waals surface area contributed by atoms with Crippen LogP contribution in [0.1, 0.15) is 66.4 Å². The molecule has 15 nitrogen and oxygen atoms in total. The van der Waals surface area contributed by atoms with Crippen LogP contribution >= 0.6 is 0 Å². The molecule has 0 radical (unpaired) electrons. The average Bonchev–Trinajstić information content (AvgIpc) is 3.58. The zero-order chi connectivity index (χ0) is 37.7. The first-order valence-corrected chi connectivity index (χ1v) is 17.2. The maximum absolute atomic E-state index is 13.7. The highest BCUT2D eigenvalue weighted by molar-refractivity contribution is 5.93. The van der Waals surface area contributed by atoms with Crippen molar-refractivity contribution in [2.75, 3.05) is 13.7 Å². The zero-order valence-corrected chi connectivity index (χ0v) is 30.1. The van der Waals surface area contributed by atoms with Crippen molar-refractivity contribution < 1.29 is 43.7 Å². The minimum atomic E-state index is -1.20. The maximum atomic E-state index is 13.7. The van der Waals surface area contributed by atoms with Gasteiger partial charge in [0.15, 0.2) is 0 Å². The van der Waals surface area contributed by atoms with Crippen LogP contribution in [0.25, 0.3) is 0 Å². The second kappa shape index (κ2) is 19.9. The molecular weight excluding hydrogens is 648 g/mol. The number of nitrogens with one attached hydrogen (secondary N) is 5. The van der Waals surface area contributed by atoms with Crippen molar-refractivity contribution in [3.63, 3.8) is 0 Å². The molecule has 0 aliphatic heterocycles. The Hall–Kier alpha value is -4.08. The van der Waals surface area contributed by atoms with Crippen LogP contribution in [0.3, 0.4) is 0 Å². The molecule has 9 N–H and O–H groups in total. The Balaban J connectivity index is 2.21. The highest BCUT2D eigenvalue weighted by Gasteiger charge is 2.42. The van der Waals surface area contributed by atoms with Crippen LogP contribution in [-0.4, -0.2) is 102 Å². The number of hydrogen-bond donors (Lipinski definition) is 8. The highest BCUT2D eigenvalue weighted by atomic mass is 16.5. The molecule has 9 atom stereocenters. The molecule has 4 unspecified atom stereocenters. The minimum absolute atomic E-state index is 0.228. The van der Waals surface area contributed by atoms with E-state index in [1.165, 1.54) is 21.0 Å². The van der Waals surface area contributed by atoms with Crippen molar-refractivity contribution in [2.24, 2.45) is 29.4 Å². The summed E-state index contributed by atoms with van der Waals surface area (Å²) in [6, 6.07) is 3.18. The van der Waals surface area contributed by atoms with E-state index in [0.29, 0.717) is 19.3 Å². The van der Waals surface area contributed by atoms with Gasteiger partial charge in [0.05, 0.1) is 25.9 Å². The quantitative estimate of drug-likeness (QED) is 0.0892. The van der Waals surface area contributed by atoms with Crippen LogP contribution in [-0.2, 0) is 39.9 Å². The molecule has 50 heavy (non-hydrogen) atoms. The first-order chi connectivity index (χ1) is 23.5. The Labute approximate surface area is 294 Å². The van der Waals surface area contributed by atoms with E-state index in [9.17, 15) is 33.9 Å². The van der Waals surface area contributed by atoms with Gasteiger partial charge in [-0.15, -0.1) is 0 Å². The standard InChI is InChI=1S/C35H56N6O9/c1-18(2)27(34(48)41-28(19(3)4)35(49)50-7)40-32(46)24-15-11-14-23(24)29(43)26(16-22-12-9-8-10-13-22)39-31(45)21(6)37-30(44)20(5)38-33(47)25(36)17-42/h8-10,12-13,18-21,23-29,42-43H,11,14-17,36H2,1-7H3,(H,37,44)(H,38,47)(H,39,45)(H,40,46)(H,41,48)/t20-,21-,23?,24?,25-,26-,27-,28?,29?/m0/s1. The van der Waals surface area contributed by atoms with Gasteiger partial charge in [-0.2, -0.15) is 0 Å². The summed E-state index contributed by atoms with van der Waals surface area (Å²) in [5.41, 5.74) is 6.32. The van der Waals surface area contributed by atoms with Gasteiger partial charge in [-0.05, 0) is 56.4 Å². The molecular formula is C35H56N6O9. The fourth-order valence-electron chi connectivity index (χ4n) is 5.99. The lowest BCUT2D eigenvalue weighted by atomic mass is 9.84. The molecule has 0 aromatic heterocycles. The maximum Gasteiger partial charge on any atom is 0.328 e. The van der Waals surface area contributed by atoms with E-state index >= 15 is 0 Å². The number of hydrogen-bond acceptors (Lipinski definition) is 10. The number of benzene rings is 1. The van der Waals surface area contributed by atoms with Gasteiger partial charge in [0.2, 0.25) is 29.5 Å². The molecule has 0 saturated heterocycles. The second-order valence-electron chi connectivity index (χ2n) is 13.7. The Kier molecular flexibility index (Phi) is 16.8. The van der Waals surface area contributed by atoms with Gasteiger partial charge in [-0.3, -0.25) is 24.0 Å². The fourth-order valence-corrected chi connectivity index (χ4v) is 5.99. The zero-order valence-electron chi connectivity index (χ0n) is 30.1. The first kappa shape index (κ1) is 42.1. The summed E-state index contributed by atoms with van der Waals surface area (Å²) in [4.78, 5) is 77.4. The van der Waals surface area contributed by atoms with E-state index < -0.39 is 96.3 Å². The first-order valence-electron chi connectivity index (χ1n) is 17.2. The van der Waals surface area contributed by atoms with Gasteiger partial charge in [0.1, 0.15) is 30.2 Å². The van der Waals surface area contributed by atoms with E-state index in [4.69, 9.17) is 15.6 Å². The molecule has 1 saturated carbocycles. The van der Waals surface area contributed by atoms with Gasteiger partial charge in [-0.1, -0.05) is 64.4 Å². The topological polar surface area (TPSA) is 238 Å². The number of ether oxygens (including phenoxy) is 1. The molecule has 0 bridgehead atoms. The number of nitrogens with two attached hydrogens (primary N) is 1. The highest BCUT2D eigenvalue weighted by Crippen LogP contribution is 2.36. The minimum Gasteiger partial charge on any atom is -0.467 e. The molecule has 1 aromatic carbocycles. The van der Waals surface area contributed by atoms with Crippen molar-refractivity contribution in [3.05, 3.63) is 35.9 Å². The van der Waals surface area contributed by atoms with Crippen LogP contribution in [0.2, 0.25) is 0 Å². The van der Waals surface area contributed by atoms with Gasteiger partial charge < -0.3 is 47.3 Å². The summed E-state index contributed by atoms with van der Waals surface area (Å²) >= 11 is 0. The van der Waals surface area contributed by atoms with E-state index in [0.717, 1.165) is 5.56 Å². The van der Waals surface area contributed by atoms with Crippen molar-refractivity contribution in [3.8, 4) is 0 Å². The number of aliphatic hydroxyl groups excluding tert-OH is 2. The third-order valence-corrected chi connectivity index (χ3v) is 9.09. The predicted octanol–water partition coefficient (Wildman–Crippen LogP) is -0.725. The van der Waals surface area contributed by atoms with Crippen LogP contribution in [0.5, 0.6) is 0 Å². The van der Waals surface area contributed by atoms with Crippen LogP contribution in [0, 0.1) is 23.7 Å². The molecule has 1 fully saturated rings. The lowest BCUT2D eigenvalue weighted by Crippen LogP contribution is -2.58.